The molecule has 1 unspecified atom stereocenters. The normalized spacial score (nSPS) is 17.5. The highest BCUT2D eigenvalue weighted by Gasteiger charge is 2.29. The van der Waals surface area contributed by atoms with E-state index in [9.17, 15) is 23.6 Å². The van der Waals surface area contributed by atoms with Crippen LogP contribution in [0, 0.1) is 11.7 Å². The van der Waals surface area contributed by atoms with Crippen molar-refractivity contribution in [3.05, 3.63) is 131 Å². The molecule has 4 aromatic carbocycles. The van der Waals surface area contributed by atoms with E-state index in [2.05, 4.69) is 53.2 Å². The van der Waals surface area contributed by atoms with Gasteiger partial charge in [-0.2, -0.15) is 4.98 Å². The van der Waals surface area contributed by atoms with Crippen LogP contribution in [0.15, 0.2) is 103 Å². The Labute approximate surface area is 352 Å². The maximum atomic E-state index is 14.7. The third-order valence-corrected chi connectivity index (χ3v) is 11.7. The van der Waals surface area contributed by atoms with Gasteiger partial charge in [-0.3, -0.25) is 29.4 Å². The van der Waals surface area contributed by atoms with Crippen LogP contribution in [0.25, 0.3) is 0 Å². The zero-order valence-electron chi connectivity index (χ0n) is 32.9. The maximum absolute atomic E-state index is 14.7. The minimum absolute atomic E-state index is 0.00544. The number of halogens is 2. The van der Waals surface area contributed by atoms with Crippen LogP contribution in [0.4, 0.5) is 38.9 Å². The molecule has 0 aliphatic carbocycles. The minimum Gasteiger partial charge on any atom is -0.369 e. The van der Waals surface area contributed by atoms with Gasteiger partial charge in [0.1, 0.15) is 0 Å². The standard InChI is InChI=1S/C45H45ClFN9O4/c46-37-3-1-2-4-39(37)51-42(58)31-5-11-33(12-6-31)49-41-38(47)27-48-45(53-41)50-34-13-7-32(8-14-34)44(60)56-21-19-29(20-22-56)28-54-23-25-55(26-24-54)35-15-9-30(10-16-35)36-17-18-40(57)52-43(36)59/h1-16,27,29,36H,17-26,28H2,(H,51,58)(H,52,57,59)(H2,48,49,50,53). The molecule has 5 aromatic rings. The molecule has 0 bridgehead atoms. The van der Waals surface area contributed by atoms with Crippen molar-refractivity contribution in [1.82, 2.24) is 25.1 Å². The Hall–Kier alpha value is -6.38. The number of para-hydroxylation sites is 1. The summed E-state index contributed by atoms with van der Waals surface area (Å²) in [6.07, 6.45) is 3.90. The zero-order chi connectivity index (χ0) is 41.6. The number of nitrogens with zero attached hydrogens (tertiary/aromatic N) is 5. The van der Waals surface area contributed by atoms with Crippen molar-refractivity contribution >= 4 is 69.7 Å². The smallest absolute Gasteiger partial charge is 0.255 e. The van der Waals surface area contributed by atoms with Crippen LogP contribution in [0.2, 0.25) is 5.02 Å². The Morgan fingerprint density at radius 3 is 2.13 bits per heavy atom. The average Bonchev–Trinajstić information content (AvgIpc) is 3.26. The van der Waals surface area contributed by atoms with E-state index < -0.39 is 5.82 Å². The summed E-state index contributed by atoms with van der Waals surface area (Å²) < 4.78 is 14.7. The van der Waals surface area contributed by atoms with Crippen molar-refractivity contribution in [2.75, 3.05) is 66.7 Å². The molecule has 0 radical (unpaired) electrons. The molecule has 4 N–H and O–H groups in total. The molecule has 15 heteroatoms. The van der Waals surface area contributed by atoms with Crippen LogP contribution in [0.1, 0.15) is 57.9 Å². The van der Waals surface area contributed by atoms with E-state index in [1.165, 1.54) is 0 Å². The Bertz CT molecular complexity index is 2350. The predicted molar refractivity (Wildman–Crippen MR) is 230 cm³/mol. The average molecular weight is 830 g/mol. The lowest BCUT2D eigenvalue weighted by molar-refractivity contribution is -0.134. The number of likely N-dealkylation sites (tertiary alicyclic amines) is 1. The van der Waals surface area contributed by atoms with Gasteiger partial charge < -0.3 is 25.8 Å². The number of anilines is 6. The van der Waals surface area contributed by atoms with Gasteiger partial charge in [0, 0.05) is 80.4 Å². The largest absolute Gasteiger partial charge is 0.369 e. The van der Waals surface area contributed by atoms with Crippen LogP contribution in [-0.4, -0.2) is 89.2 Å². The number of hydrogen-bond acceptors (Lipinski definition) is 10. The number of hydrogen-bond donors (Lipinski definition) is 4. The molecule has 3 fully saturated rings. The first-order chi connectivity index (χ1) is 29.1. The number of imide groups is 1. The maximum Gasteiger partial charge on any atom is 0.255 e. The van der Waals surface area contributed by atoms with Crippen molar-refractivity contribution in [1.29, 1.82) is 0 Å². The second-order valence-electron chi connectivity index (χ2n) is 15.3. The fraction of sp³-hybridized carbons (Fsp3) is 0.289. The molecule has 1 aromatic heterocycles. The van der Waals surface area contributed by atoms with Crippen molar-refractivity contribution in [3.63, 3.8) is 0 Å². The number of carbonyl (C=O) groups is 4. The van der Waals surface area contributed by atoms with Gasteiger partial charge in [0.15, 0.2) is 11.6 Å². The molecule has 0 spiro atoms. The molecule has 3 aliphatic rings. The quantitative estimate of drug-likeness (QED) is 0.101. The Kier molecular flexibility index (Phi) is 12.3. The summed E-state index contributed by atoms with van der Waals surface area (Å²) in [6, 6.07) is 28.7. The number of piperazine rings is 1. The summed E-state index contributed by atoms with van der Waals surface area (Å²) in [5.41, 5.74) is 4.74. The van der Waals surface area contributed by atoms with Gasteiger partial charge in [0.25, 0.3) is 11.8 Å². The molecule has 4 heterocycles. The summed E-state index contributed by atoms with van der Waals surface area (Å²) in [5.74, 6) is -1.03. The van der Waals surface area contributed by atoms with Crippen LogP contribution < -0.4 is 26.2 Å². The summed E-state index contributed by atoms with van der Waals surface area (Å²) in [7, 11) is 0. The Morgan fingerprint density at radius 1 is 0.783 bits per heavy atom. The summed E-state index contributed by atoms with van der Waals surface area (Å²) in [6.45, 7) is 6.22. The first-order valence-corrected chi connectivity index (χ1v) is 20.6. The van der Waals surface area contributed by atoms with Crippen molar-refractivity contribution < 1.29 is 23.6 Å². The predicted octanol–water partition coefficient (Wildman–Crippen LogP) is 7.20. The fourth-order valence-electron chi connectivity index (χ4n) is 7.92. The van der Waals surface area contributed by atoms with Gasteiger partial charge in [0.05, 0.1) is 22.8 Å². The van der Waals surface area contributed by atoms with Crippen molar-refractivity contribution in [3.8, 4) is 0 Å². The number of nitrogens with one attached hydrogen (secondary N) is 4. The molecule has 1 atom stereocenters. The third kappa shape index (κ3) is 9.73. The molecule has 8 rings (SSSR count). The van der Waals surface area contributed by atoms with Gasteiger partial charge in [-0.1, -0.05) is 35.9 Å². The Morgan fingerprint density at radius 2 is 1.45 bits per heavy atom. The fourth-order valence-corrected chi connectivity index (χ4v) is 8.11. The van der Waals surface area contributed by atoms with Crippen molar-refractivity contribution in [2.24, 2.45) is 5.92 Å². The van der Waals surface area contributed by atoms with Gasteiger partial charge in [-0.05, 0) is 104 Å². The van der Waals surface area contributed by atoms with E-state index in [0.29, 0.717) is 65.1 Å². The number of rotatable bonds is 11. The number of piperidine rings is 2. The monoisotopic (exact) mass is 829 g/mol. The zero-order valence-corrected chi connectivity index (χ0v) is 33.6. The van der Waals surface area contributed by atoms with Gasteiger partial charge in [-0.15, -0.1) is 0 Å². The first kappa shape index (κ1) is 40.4. The van der Waals surface area contributed by atoms with Crippen LogP contribution in [-0.2, 0) is 9.59 Å². The van der Waals surface area contributed by atoms with E-state index in [-0.39, 0.29) is 41.3 Å². The van der Waals surface area contributed by atoms with Gasteiger partial charge >= 0.3 is 0 Å². The SMILES string of the molecule is O=C1CCC(c2ccc(N3CCN(CC4CCN(C(=O)c5ccc(Nc6ncc(F)c(Nc7ccc(C(=O)Nc8ccccc8Cl)cc7)n6)cc5)CC4)CC3)cc2)C(=O)N1. The van der Waals surface area contributed by atoms with Crippen molar-refractivity contribution in [2.45, 2.75) is 31.6 Å². The number of benzene rings is 4. The molecule has 60 heavy (non-hydrogen) atoms. The molecule has 3 saturated heterocycles. The van der Waals surface area contributed by atoms with Gasteiger partial charge in [0.2, 0.25) is 17.8 Å². The minimum atomic E-state index is -0.652. The highest BCUT2D eigenvalue weighted by atomic mass is 35.5. The van der Waals surface area contributed by atoms with Gasteiger partial charge in [-0.25, -0.2) is 9.37 Å². The molecule has 308 valence electrons. The highest BCUT2D eigenvalue weighted by molar-refractivity contribution is 6.33. The summed E-state index contributed by atoms with van der Waals surface area (Å²) in [4.78, 5) is 65.1. The van der Waals surface area contributed by atoms with Crippen LogP contribution in [0.5, 0.6) is 0 Å². The lowest BCUT2D eigenvalue weighted by atomic mass is 9.90. The lowest BCUT2D eigenvalue weighted by Gasteiger charge is -2.39. The number of amides is 4. The highest BCUT2D eigenvalue weighted by Crippen LogP contribution is 2.29. The molecule has 4 amide bonds. The topological polar surface area (TPSA) is 152 Å². The number of carbonyl (C=O) groups excluding carboxylic acids is 4. The van der Waals surface area contributed by atoms with E-state index in [1.54, 1.807) is 72.8 Å². The molecular formula is C45H45ClFN9O4. The van der Waals surface area contributed by atoms with E-state index in [1.807, 2.05) is 17.0 Å². The van der Waals surface area contributed by atoms with E-state index in [4.69, 9.17) is 11.6 Å². The molecule has 0 saturated carbocycles. The second kappa shape index (κ2) is 18.3. The van der Waals surface area contributed by atoms with Crippen LogP contribution in [0.3, 0.4) is 0 Å². The second-order valence-corrected chi connectivity index (χ2v) is 15.8. The molecule has 3 aliphatic heterocycles. The van der Waals surface area contributed by atoms with E-state index in [0.717, 1.165) is 63.0 Å². The summed E-state index contributed by atoms with van der Waals surface area (Å²) in [5, 5.41) is 11.7. The number of aromatic nitrogens is 2. The molecule has 13 nitrogen and oxygen atoms in total. The van der Waals surface area contributed by atoms with E-state index >= 15 is 0 Å². The third-order valence-electron chi connectivity index (χ3n) is 11.4. The summed E-state index contributed by atoms with van der Waals surface area (Å²) >= 11 is 6.15. The van der Waals surface area contributed by atoms with Crippen LogP contribution >= 0.6 is 11.6 Å². The molecular weight excluding hydrogens is 785 g/mol. The lowest BCUT2D eigenvalue weighted by Crippen LogP contribution is -2.49. The Balaban J connectivity index is 0.772. The first-order valence-electron chi connectivity index (χ1n) is 20.2.